The van der Waals surface area contributed by atoms with Gasteiger partial charge < -0.3 is 20.1 Å². The normalized spacial score (nSPS) is 10.7. The number of carbonyl (C=O) groups excluding carboxylic acids is 1. The molecule has 2 aromatic rings. The number of hydrogen-bond donors (Lipinski definition) is 2. The van der Waals surface area contributed by atoms with Crippen LogP contribution in [0, 0.1) is 6.92 Å². The summed E-state index contributed by atoms with van der Waals surface area (Å²) >= 11 is 0. The number of carbonyl (C=O) groups is 1. The van der Waals surface area contributed by atoms with Crippen LogP contribution >= 0.6 is 0 Å². The van der Waals surface area contributed by atoms with E-state index in [1.165, 1.54) is 5.56 Å². The van der Waals surface area contributed by atoms with Crippen LogP contribution in [0.4, 0.5) is 10.5 Å². The molecule has 0 unspecified atom stereocenters. The fourth-order valence-electron chi connectivity index (χ4n) is 2.21. The first kappa shape index (κ1) is 17.7. The number of benzene rings is 1. The summed E-state index contributed by atoms with van der Waals surface area (Å²) in [6.07, 6.45) is 1.72. The van der Waals surface area contributed by atoms with E-state index in [1.807, 2.05) is 50.2 Å². The van der Waals surface area contributed by atoms with Gasteiger partial charge in [-0.05, 0) is 38.7 Å². The number of pyridine rings is 1. The zero-order valence-electron chi connectivity index (χ0n) is 14.4. The highest BCUT2D eigenvalue weighted by atomic mass is 16.2. The second kappa shape index (κ2) is 8.31. The summed E-state index contributed by atoms with van der Waals surface area (Å²) in [5.41, 5.74) is 2.26. The Morgan fingerprint density at radius 1 is 1.17 bits per heavy atom. The van der Waals surface area contributed by atoms with Crippen LogP contribution in [-0.4, -0.2) is 42.7 Å². The minimum atomic E-state index is -0.373. The Hall–Kier alpha value is -2.60. The van der Waals surface area contributed by atoms with Crippen molar-refractivity contribution in [3.8, 4) is 0 Å². The van der Waals surface area contributed by atoms with Gasteiger partial charge in [0.2, 0.25) is 0 Å². The fraction of sp³-hybridized carbons (Fsp3) is 0.333. The van der Waals surface area contributed by atoms with E-state index in [9.17, 15) is 9.59 Å². The van der Waals surface area contributed by atoms with Crippen molar-refractivity contribution in [3.63, 3.8) is 0 Å². The third kappa shape index (κ3) is 5.24. The molecule has 1 aromatic carbocycles. The fourth-order valence-corrected chi connectivity index (χ4v) is 2.21. The quantitative estimate of drug-likeness (QED) is 0.851. The molecular weight excluding hydrogens is 304 g/mol. The summed E-state index contributed by atoms with van der Waals surface area (Å²) in [5.74, 6) is 0. The van der Waals surface area contributed by atoms with Gasteiger partial charge in [0.25, 0.3) is 5.56 Å². The lowest BCUT2D eigenvalue weighted by molar-refractivity contribution is 0.250. The van der Waals surface area contributed by atoms with Crippen LogP contribution in [-0.2, 0) is 6.54 Å². The number of aromatic nitrogens is 1. The molecule has 0 aliphatic rings. The number of nitrogens with one attached hydrogen (secondary N) is 2. The number of anilines is 1. The van der Waals surface area contributed by atoms with Crippen molar-refractivity contribution in [2.75, 3.05) is 32.5 Å². The minimum Gasteiger partial charge on any atom is -0.337 e. The zero-order valence-corrected chi connectivity index (χ0v) is 14.4. The first-order valence-corrected chi connectivity index (χ1v) is 7.90. The van der Waals surface area contributed by atoms with Gasteiger partial charge >= 0.3 is 6.03 Å². The molecule has 128 valence electrons. The van der Waals surface area contributed by atoms with Gasteiger partial charge in [0, 0.05) is 19.3 Å². The molecule has 0 bridgehead atoms. The number of amides is 2. The Bertz CT molecular complexity index is 735. The average molecular weight is 328 g/mol. The summed E-state index contributed by atoms with van der Waals surface area (Å²) in [6.45, 7) is 3.75. The molecule has 0 fully saturated rings. The van der Waals surface area contributed by atoms with Crippen LogP contribution in [0.1, 0.15) is 11.1 Å². The molecule has 2 rings (SSSR count). The Kier molecular flexibility index (Phi) is 6.14. The molecule has 0 saturated heterocycles. The number of rotatable bonds is 6. The lowest BCUT2D eigenvalue weighted by Crippen LogP contribution is -2.36. The summed E-state index contributed by atoms with van der Waals surface area (Å²) in [7, 11) is 3.86. The van der Waals surface area contributed by atoms with Gasteiger partial charge in [0.1, 0.15) is 5.69 Å². The van der Waals surface area contributed by atoms with Crippen molar-refractivity contribution < 1.29 is 4.79 Å². The molecule has 2 amide bonds. The van der Waals surface area contributed by atoms with Gasteiger partial charge in [0.15, 0.2) is 0 Å². The molecule has 1 heterocycles. The van der Waals surface area contributed by atoms with E-state index >= 15 is 0 Å². The maximum absolute atomic E-state index is 12.5. The van der Waals surface area contributed by atoms with E-state index in [2.05, 4.69) is 10.6 Å². The SMILES string of the molecule is Cc1ccc(Cn2cccc(NC(=O)NCCN(C)C)c2=O)cc1. The molecule has 0 atom stereocenters. The van der Waals surface area contributed by atoms with Crippen LogP contribution in [0.25, 0.3) is 0 Å². The van der Waals surface area contributed by atoms with E-state index in [-0.39, 0.29) is 17.3 Å². The third-order valence-corrected chi connectivity index (χ3v) is 3.59. The van der Waals surface area contributed by atoms with E-state index in [0.29, 0.717) is 13.1 Å². The highest BCUT2D eigenvalue weighted by molar-refractivity contribution is 5.88. The lowest BCUT2D eigenvalue weighted by atomic mass is 10.1. The van der Waals surface area contributed by atoms with Crippen molar-refractivity contribution >= 4 is 11.7 Å². The Morgan fingerprint density at radius 3 is 2.54 bits per heavy atom. The molecule has 24 heavy (non-hydrogen) atoms. The first-order valence-electron chi connectivity index (χ1n) is 7.90. The summed E-state index contributed by atoms with van der Waals surface area (Å²) in [4.78, 5) is 26.3. The van der Waals surface area contributed by atoms with Crippen molar-refractivity contribution in [1.82, 2.24) is 14.8 Å². The largest absolute Gasteiger partial charge is 0.337 e. The van der Waals surface area contributed by atoms with Gasteiger partial charge in [-0.25, -0.2) is 4.79 Å². The van der Waals surface area contributed by atoms with Gasteiger partial charge in [-0.1, -0.05) is 29.8 Å². The van der Waals surface area contributed by atoms with Crippen LogP contribution < -0.4 is 16.2 Å². The van der Waals surface area contributed by atoms with Crippen LogP contribution in [0.2, 0.25) is 0 Å². The molecule has 0 aliphatic carbocycles. The van der Waals surface area contributed by atoms with Gasteiger partial charge in [0.05, 0.1) is 6.54 Å². The minimum absolute atomic E-state index is 0.221. The standard InChI is InChI=1S/C18H24N4O2/c1-14-6-8-15(9-7-14)13-22-11-4-5-16(17(22)23)20-18(24)19-10-12-21(2)3/h4-9,11H,10,12-13H2,1-3H3,(H2,19,20,24). The zero-order chi connectivity index (χ0) is 17.5. The predicted molar refractivity (Wildman–Crippen MR) is 96.6 cm³/mol. The number of aryl methyl sites for hydroxylation is 1. The lowest BCUT2D eigenvalue weighted by Gasteiger charge is -2.12. The molecular formula is C18H24N4O2. The summed E-state index contributed by atoms with van der Waals surface area (Å²) < 4.78 is 1.58. The van der Waals surface area contributed by atoms with E-state index < -0.39 is 0 Å². The molecule has 6 heteroatoms. The number of urea groups is 1. The third-order valence-electron chi connectivity index (χ3n) is 3.59. The second-order valence-corrected chi connectivity index (χ2v) is 6.02. The Morgan fingerprint density at radius 2 is 1.88 bits per heavy atom. The number of hydrogen-bond acceptors (Lipinski definition) is 3. The van der Waals surface area contributed by atoms with Gasteiger partial charge in [-0.3, -0.25) is 4.79 Å². The second-order valence-electron chi connectivity index (χ2n) is 6.02. The summed E-state index contributed by atoms with van der Waals surface area (Å²) in [5, 5.41) is 5.34. The van der Waals surface area contributed by atoms with Crippen molar-refractivity contribution in [2.45, 2.75) is 13.5 Å². The maximum Gasteiger partial charge on any atom is 0.319 e. The molecule has 1 aromatic heterocycles. The highest BCUT2D eigenvalue weighted by Gasteiger charge is 2.07. The number of likely N-dealkylation sites (N-methyl/N-ethyl adjacent to an activating group) is 1. The molecule has 2 N–H and O–H groups in total. The maximum atomic E-state index is 12.5. The monoisotopic (exact) mass is 328 g/mol. The Labute approximate surface area is 142 Å². The van der Waals surface area contributed by atoms with E-state index in [0.717, 1.165) is 12.1 Å². The van der Waals surface area contributed by atoms with Crippen LogP contribution in [0.3, 0.4) is 0 Å². The molecule has 0 radical (unpaired) electrons. The molecule has 0 aliphatic heterocycles. The molecule has 0 spiro atoms. The van der Waals surface area contributed by atoms with Gasteiger partial charge in [-0.15, -0.1) is 0 Å². The predicted octanol–water partition coefficient (Wildman–Crippen LogP) is 1.89. The van der Waals surface area contributed by atoms with Crippen molar-refractivity contribution in [3.05, 3.63) is 64.1 Å². The van der Waals surface area contributed by atoms with Crippen molar-refractivity contribution in [1.29, 1.82) is 0 Å². The topological polar surface area (TPSA) is 66.4 Å². The Balaban J connectivity index is 2.03. The van der Waals surface area contributed by atoms with Gasteiger partial charge in [-0.2, -0.15) is 0 Å². The molecule has 6 nitrogen and oxygen atoms in total. The average Bonchev–Trinajstić information content (AvgIpc) is 2.53. The van der Waals surface area contributed by atoms with Crippen LogP contribution in [0.5, 0.6) is 0 Å². The number of nitrogens with zero attached hydrogens (tertiary/aromatic N) is 2. The first-order chi connectivity index (χ1) is 11.5. The smallest absolute Gasteiger partial charge is 0.319 e. The van der Waals surface area contributed by atoms with E-state index in [1.54, 1.807) is 22.9 Å². The van der Waals surface area contributed by atoms with Crippen molar-refractivity contribution in [2.24, 2.45) is 0 Å². The highest BCUT2D eigenvalue weighted by Crippen LogP contribution is 2.06. The van der Waals surface area contributed by atoms with E-state index in [4.69, 9.17) is 0 Å². The summed E-state index contributed by atoms with van der Waals surface area (Å²) in [6, 6.07) is 11.0. The van der Waals surface area contributed by atoms with Crippen LogP contribution in [0.15, 0.2) is 47.4 Å². The molecule has 0 saturated carbocycles.